The van der Waals surface area contributed by atoms with Gasteiger partial charge in [0.1, 0.15) is 10.8 Å². The molecule has 1 aliphatic heterocycles. The third-order valence-electron chi connectivity index (χ3n) is 3.51. The van der Waals surface area contributed by atoms with Crippen molar-refractivity contribution < 1.29 is 4.79 Å². The van der Waals surface area contributed by atoms with Gasteiger partial charge in [0.25, 0.3) is 0 Å². The summed E-state index contributed by atoms with van der Waals surface area (Å²) in [7, 11) is 0. The Bertz CT molecular complexity index is 517. The van der Waals surface area contributed by atoms with Crippen LogP contribution >= 0.6 is 12.2 Å². The highest BCUT2D eigenvalue weighted by Gasteiger charge is 2.26. The molecule has 0 spiro atoms. The number of amides is 1. The molecule has 2 heterocycles. The van der Waals surface area contributed by atoms with Crippen molar-refractivity contribution in [3.05, 3.63) is 23.4 Å². The largest absolute Gasteiger partial charge is 0.389 e. The van der Waals surface area contributed by atoms with Crippen LogP contribution in [0, 0.1) is 12.8 Å². The molecule has 2 rings (SSSR count). The molecule has 0 bridgehead atoms. The number of anilines is 1. The number of hydrogen-bond acceptors (Lipinski definition) is 4. The van der Waals surface area contributed by atoms with Crippen molar-refractivity contribution in [2.24, 2.45) is 17.4 Å². The van der Waals surface area contributed by atoms with E-state index in [0.29, 0.717) is 11.5 Å². The van der Waals surface area contributed by atoms with Crippen LogP contribution in [0.4, 0.5) is 5.82 Å². The molecular formula is C13H18N4OS. The number of carbonyl (C=O) groups excluding carboxylic acids is 1. The molecular weight excluding hydrogens is 260 g/mol. The van der Waals surface area contributed by atoms with Crippen LogP contribution in [-0.4, -0.2) is 29.0 Å². The number of hydrogen-bond donors (Lipinski definition) is 2. The minimum atomic E-state index is -0.255. The fourth-order valence-electron chi connectivity index (χ4n) is 2.49. The lowest BCUT2D eigenvalue weighted by Crippen LogP contribution is -2.42. The predicted octanol–water partition coefficient (Wildman–Crippen LogP) is 0.726. The molecule has 1 fully saturated rings. The molecule has 1 aromatic heterocycles. The summed E-state index contributed by atoms with van der Waals surface area (Å²) >= 11 is 5.11. The van der Waals surface area contributed by atoms with E-state index in [0.717, 1.165) is 36.3 Å². The van der Waals surface area contributed by atoms with E-state index < -0.39 is 0 Å². The summed E-state index contributed by atoms with van der Waals surface area (Å²) in [5, 5.41) is 0. The molecule has 0 aromatic carbocycles. The molecule has 1 aromatic rings. The quantitative estimate of drug-likeness (QED) is 0.796. The van der Waals surface area contributed by atoms with Crippen LogP contribution in [0.25, 0.3) is 0 Å². The molecule has 0 aliphatic carbocycles. The van der Waals surface area contributed by atoms with E-state index in [1.54, 1.807) is 6.20 Å². The first-order chi connectivity index (χ1) is 9.00. The topological polar surface area (TPSA) is 85.2 Å². The Morgan fingerprint density at radius 3 is 2.89 bits per heavy atom. The van der Waals surface area contributed by atoms with Crippen LogP contribution in [0.15, 0.2) is 12.3 Å². The molecule has 1 aliphatic rings. The monoisotopic (exact) mass is 278 g/mol. The first kappa shape index (κ1) is 13.7. The van der Waals surface area contributed by atoms with Crippen molar-refractivity contribution in [2.75, 3.05) is 18.0 Å². The zero-order valence-electron chi connectivity index (χ0n) is 10.9. The molecule has 1 atom stereocenters. The van der Waals surface area contributed by atoms with Gasteiger partial charge in [0.2, 0.25) is 5.91 Å². The van der Waals surface area contributed by atoms with E-state index in [1.165, 1.54) is 0 Å². The third-order valence-corrected chi connectivity index (χ3v) is 3.71. The second kappa shape index (κ2) is 5.52. The average Bonchev–Trinajstić information content (AvgIpc) is 2.38. The Balaban J connectivity index is 2.34. The highest BCUT2D eigenvalue weighted by Crippen LogP contribution is 2.26. The van der Waals surface area contributed by atoms with Gasteiger partial charge in [0.15, 0.2) is 0 Å². The Hall–Kier alpha value is -1.69. The number of nitrogens with two attached hydrogens (primary N) is 2. The van der Waals surface area contributed by atoms with E-state index in [4.69, 9.17) is 23.7 Å². The van der Waals surface area contributed by atoms with Gasteiger partial charge in [0, 0.05) is 19.3 Å². The minimum absolute atomic E-state index is 0.129. The Labute approximate surface area is 118 Å². The summed E-state index contributed by atoms with van der Waals surface area (Å²) in [6.45, 7) is 3.38. The van der Waals surface area contributed by atoms with Crippen molar-refractivity contribution in [3.8, 4) is 0 Å². The molecule has 0 radical (unpaired) electrons. The SMILES string of the molecule is Cc1ccnc(N2CCCC(C(N)=O)C2)c1C(N)=S. The summed E-state index contributed by atoms with van der Waals surface area (Å²) in [6, 6.07) is 1.88. The Morgan fingerprint density at radius 1 is 1.53 bits per heavy atom. The first-order valence-corrected chi connectivity index (χ1v) is 6.71. The lowest BCUT2D eigenvalue weighted by Gasteiger charge is -2.33. The number of aryl methyl sites for hydroxylation is 1. The van der Waals surface area contributed by atoms with Crippen molar-refractivity contribution in [2.45, 2.75) is 19.8 Å². The summed E-state index contributed by atoms with van der Waals surface area (Å²) in [5.74, 6) is 0.378. The number of primary amides is 1. The molecule has 1 saturated heterocycles. The maximum Gasteiger partial charge on any atom is 0.222 e. The van der Waals surface area contributed by atoms with Gasteiger partial charge in [-0.1, -0.05) is 12.2 Å². The summed E-state index contributed by atoms with van der Waals surface area (Å²) in [4.78, 5) is 18.1. The summed E-state index contributed by atoms with van der Waals surface area (Å²) < 4.78 is 0. The fraction of sp³-hybridized carbons (Fsp3) is 0.462. The van der Waals surface area contributed by atoms with E-state index in [1.807, 2.05) is 13.0 Å². The van der Waals surface area contributed by atoms with Gasteiger partial charge in [-0.25, -0.2) is 4.98 Å². The molecule has 19 heavy (non-hydrogen) atoms. The number of rotatable bonds is 3. The zero-order valence-corrected chi connectivity index (χ0v) is 11.7. The summed E-state index contributed by atoms with van der Waals surface area (Å²) in [5.41, 5.74) is 13.0. The fourth-order valence-corrected chi connectivity index (χ4v) is 2.74. The maximum atomic E-state index is 11.3. The van der Waals surface area contributed by atoms with E-state index in [-0.39, 0.29) is 11.8 Å². The molecule has 0 saturated carbocycles. The van der Waals surface area contributed by atoms with Crippen molar-refractivity contribution >= 4 is 28.9 Å². The predicted molar refractivity (Wildman–Crippen MR) is 79.0 cm³/mol. The number of aromatic nitrogens is 1. The summed E-state index contributed by atoms with van der Waals surface area (Å²) in [6.07, 6.45) is 3.49. The Morgan fingerprint density at radius 2 is 2.26 bits per heavy atom. The normalized spacial score (nSPS) is 19.2. The lowest BCUT2D eigenvalue weighted by molar-refractivity contribution is -0.122. The van der Waals surface area contributed by atoms with E-state index >= 15 is 0 Å². The smallest absolute Gasteiger partial charge is 0.222 e. The maximum absolute atomic E-state index is 11.3. The van der Waals surface area contributed by atoms with E-state index in [2.05, 4.69) is 9.88 Å². The second-order valence-corrected chi connectivity index (χ2v) is 5.32. The lowest BCUT2D eigenvalue weighted by atomic mass is 9.97. The standard InChI is InChI=1S/C13H18N4OS/c1-8-4-5-16-13(10(8)12(15)19)17-6-2-3-9(7-17)11(14)18/h4-5,9H,2-3,6-7H2,1H3,(H2,14,18)(H2,15,19). The van der Waals surface area contributed by atoms with Crippen LogP contribution in [0.1, 0.15) is 24.0 Å². The van der Waals surface area contributed by atoms with Crippen molar-refractivity contribution in [1.82, 2.24) is 4.98 Å². The molecule has 6 heteroatoms. The van der Waals surface area contributed by atoms with Crippen LogP contribution in [0.2, 0.25) is 0 Å². The van der Waals surface area contributed by atoms with Gasteiger partial charge in [-0.3, -0.25) is 4.79 Å². The van der Waals surface area contributed by atoms with Gasteiger partial charge in [-0.05, 0) is 31.4 Å². The van der Waals surface area contributed by atoms with Crippen LogP contribution in [0.5, 0.6) is 0 Å². The minimum Gasteiger partial charge on any atom is -0.389 e. The highest BCUT2D eigenvalue weighted by molar-refractivity contribution is 7.80. The van der Waals surface area contributed by atoms with Gasteiger partial charge in [-0.2, -0.15) is 0 Å². The number of carbonyl (C=O) groups is 1. The van der Waals surface area contributed by atoms with Crippen molar-refractivity contribution in [3.63, 3.8) is 0 Å². The molecule has 5 nitrogen and oxygen atoms in total. The Kier molecular flexibility index (Phi) is 3.99. The van der Waals surface area contributed by atoms with Crippen LogP contribution < -0.4 is 16.4 Å². The van der Waals surface area contributed by atoms with Gasteiger partial charge in [-0.15, -0.1) is 0 Å². The molecule has 102 valence electrons. The van der Waals surface area contributed by atoms with Crippen LogP contribution in [-0.2, 0) is 4.79 Å². The average molecular weight is 278 g/mol. The number of piperidine rings is 1. The van der Waals surface area contributed by atoms with Gasteiger partial charge < -0.3 is 16.4 Å². The molecule has 4 N–H and O–H groups in total. The van der Waals surface area contributed by atoms with Crippen molar-refractivity contribution in [1.29, 1.82) is 0 Å². The second-order valence-electron chi connectivity index (χ2n) is 4.88. The highest BCUT2D eigenvalue weighted by atomic mass is 32.1. The van der Waals surface area contributed by atoms with E-state index in [9.17, 15) is 4.79 Å². The number of nitrogens with zero attached hydrogens (tertiary/aromatic N) is 2. The van der Waals surface area contributed by atoms with Gasteiger partial charge >= 0.3 is 0 Å². The van der Waals surface area contributed by atoms with Gasteiger partial charge in [0.05, 0.1) is 11.5 Å². The molecule has 1 amide bonds. The number of pyridine rings is 1. The zero-order chi connectivity index (χ0) is 14.0. The first-order valence-electron chi connectivity index (χ1n) is 6.30. The number of thiocarbonyl (C=S) groups is 1. The van der Waals surface area contributed by atoms with Crippen LogP contribution in [0.3, 0.4) is 0 Å². The molecule has 1 unspecified atom stereocenters. The third kappa shape index (κ3) is 2.84.